The third kappa shape index (κ3) is 2.96. The van der Waals surface area contributed by atoms with E-state index in [9.17, 15) is 4.79 Å². The van der Waals surface area contributed by atoms with Gasteiger partial charge in [0.15, 0.2) is 10.9 Å². The Balaban J connectivity index is 2.85. The summed E-state index contributed by atoms with van der Waals surface area (Å²) in [5, 5.41) is 0.555. The van der Waals surface area contributed by atoms with Crippen LogP contribution in [0.25, 0.3) is 0 Å². The summed E-state index contributed by atoms with van der Waals surface area (Å²) < 4.78 is 5.21. The quantitative estimate of drug-likeness (QED) is 0.359. The molecule has 0 bridgehead atoms. The lowest BCUT2D eigenvalue weighted by Gasteiger charge is -1.99. The Hall–Kier alpha value is -0.620. The minimum atomic E-state index is -0.446. The molecule has 0 aromatic carbocycles. The van der Waals surface area contributed by atoms with Gasteiger partial charge in [0.05, 0.1) is 11.8 Å². The average Bonchev–Trinajstić information content (AvgIpc) is 2.18. The van der Waals surface area contributed by atoms with Crippen molar-refractivity contribution in [1.29, 1.82) is 0 Å². The maximum atomic E-state index is 11.0. The Labute approximate surface area is 88.2 Å². The monoisotopic (exact) mass is 262 g/mol. The molecule has 0 atom stereocenters. The van der Waals surface area contributed by atoms with Crippen LogP contribution >= 0.6 is 27.7 Å². The average molecular weight is 263 g/mol. The van der Waals surface area contributed by atoms with Crippen molar-refractivity contribution in [2.75, 3.05) is 11.8 Å². The molecule has 0 spiro atoms. The highest BCUT2D eigenvalue weighted by Crippen LogP contribution is 2.14. The molecule has 0 amide bonds. The zero-order valence-corrected chi connectivity index (χ0v) is 9.26. The van der Waals surface area contributed by atoms with Crippen molar-refractivity contribution >= 4 is 33.7 Å². The summed E-state index contributed by atoms with van der Waals surface area (Å²) >= 11 is 4.64. The van der Waals surface area contributed by atoms with Crippen LogP contribution in [0, 0.1) is 0 Å². The van der Waals surface area contributed by atoms with E-state index in [0.717, 1.165) is 0 Å². The number of methoxy groups -OCH3 is 1. The molecule has 13 heavy (non-hydrogen) atoms. The van der Waals surface area contributed by atoms with Crippen LogP contribution in [0.1, 0.15) is 10.5 Å². The smallest absolute Gasteiger partial charge is 0.356 e. The fourth-order valence-electron chi connectivity index (χ4n) is 0.677. The zero-order chi connectivity index (χ0) is 9.68. The van der Waals surface area contributed by atoms with Crippen LogP contribution in [0.15, 0.2) is 17.4 Å². The van der Waals surface area contributed by atoms with Gasteiger partial charge >= 0.3 is 5.97 Å². The molecule has 0 fully saturated rings. The number of thioether (sulfide) groups is 1. The number of halogens is 1. The summed E-state index contributed by atoms with van der Waals surface area (Å²) in [5.74, 6) is -0.446. The SMILES string of the molecule is COC(=O)c1ccnc(SCBr)n1. The lowest BCUT2D eigenvalue weighted by atomic mass is 10.4. The minimum absolute atomic E-state index is 0.279. The van der Waals surface area contributed by atoms with E-state index in [1.54, 1.807) is 0 Å². The van der Waals surface area contributed by atoms with E-state index in [0.29, 0.717) is 9.82 Å². The van der Waals surface area contributed by atoms with Gasteiger partial charge in [-0.1, -0.05) is 27.7 Å². The summed E-state index contributed by atoms with van der Waals surface area (Å²) in [4.78, 5) is 19.0. The predicted molar refractivity (Wildman–Crippen MR) is 53.0 cm³/mol. The summed E-state index contributed by atoms with van der Waals surface area (Å²) in [6.07, 6.45) is 1.53. The summed E-state index contributed by atoms with van der Waals surface area (Å²) in [5.41, 5.74) is 0.279. The van der Waals surface area contributed by atoms with Gasteiger partial charge in [-0.2, -0.15) is 0 Å². The van der Waals surface area contributed by atoms with Gasteiger partial charge in [0.25, 0.3) is 0 Å². The van der Waals surface area contributed by atoms with E-state index in [1.807, 2.05) is 0 Å². The molecule has 1 aromatic rings. The molecule has 0 aliphatic rings. The van der Waals surface area contributed by atoms with Crippen molar-refractivity contribution in [2.45, 2.75) is 5.16 Å². The second-order valence-electron chi connectivity index (χ2n) is 1.97. The first-order chi connectivity index (χ1) is 6.27. The molecule has 1 heterocycles. The van der Waals surface area contributed by atoms with Crippen LogP contribution in [0.4, 0.5) is 0 Å². The van der Waals surface area contributed by atoms with Crippen molar-refractivity contribution in [3.05, 3.63) is 18.0 Å². The van der Waals surface area contributed by atoms with Crippen molar-refractivity contribution in [1.82, 2.24) is 9.97 Å². The molecule has 0 unspecified atom stereocenters. The summed E-state index contributed by atoms with van der Waals surface area (Å²) in [6, 6.07) is 1.52. The fraction of sp³-hybridized carbons (Fsp3) is 0.286. The third-order valence-corrected chi connectivity index (χ3v) is 2.46. The number of esters is 1. The topological polar surface area (TPSA) is 52.1 Å². The lowest BCUT2D eigenvalue weighted by Crippen LogP contribution is -2.05. The normalized spacial score (nSPS) is 9.69. The van der Waals surface area contributed by atoms with Gasteiger partial charge in [0.2, 0.25) is 0 Å². The lowest BCUT2D eigenvalue weighted by molar-refractivity contribution is 0.0593. The van der Waals surface area contributed by atoms with E-state index < -0.39 is 5.97 Å². The van der Waals surface area contributed by atoms with E-state index in [-0.39, 0.29) is 5.69 Å². The Morgan fingerprint density at radius 1 is 1.77 bits per heavy atom. The molecule has 70 valence electrons. The maximum absolute atomic E-state index is 11.0. The number of hydrogen-bond donors (Lipinski definition) is 0. The van der Waals surface area contributed by atoms with Gasteiger partial charge in [0, 0.05) is 6.20 Å². The Morgan fingerprint density at radius 3 is 3.15 bits per heavy atom. The number of nitrogens with zero attached hydrogens (tertiary/aromatic N) is 2. The molecular weight excluding hydrogens is 256 g/mol. The molecule has 1 aromatic heterocycles. The Morgan fingerprint density at radius 2 is 2.54 bits per heavy atom. The third-order valence-electron chi connectivity index (χ3n) is 1.21. The highest BCUT2D eigenvalue weighted by Gasteiger charge is 2.07. The molecule has 0 N–H and O–H groups in total. The predicted octanol–water partition coefficient (Wildman–Crippen LogP) is 1.71. The standard InChI is InChI=1S/C7H7BrN2O2S/c1-12-6(11)5-2-3-9-7(10-5)13-4-8/h2-3H,4H2,1H3. The maximum Gasteiger partial charge on any atom is 0.356 e. The van der Waals surface area contributed by atoms with Gasteiger partial charge in [-0.05, 0) is 6.07 Å². The van der Waals surface area contributed by atoms with Crippen molar-refractivity contribution in [2.24, 2.45) is 0 Å². The second kappa shape index (κ2) is 5.18. The number of carbonyl (C=O) groups is 1. The van der Waals surface area contributed by atoms with Crippen molar-refractivity contribution in [3.8, 4) is 0 Å². The zero-order valence-electron chi connectivity index (χ0n) is 6.86. The molecule has 1 rings (SSSR count). The second-order valence-corrected chi connectivity index (χ2v) is 4.22. The van der Waals surface area contributed by atoms with Crippen LogP contribution in [-0.4, -0.2) is 27.7 Å². The van der Waals surface area contributed by atoms with E-state index in [4.69, 9.17) is 0 Å². The number of rotatable bonds is 3. The van der Waals surface area contributed by atoms with E-state index in [2.05, 4.69) is 30.6 Å². The largest absolute Gasteiger partial charge is 0.464 e. The molecule has 4 nitrogen and oxygen atoms in total. The number of ether oxygens (including phenoxy) is 1. The summed E-state index contributed by atoms with van der Waals surface area (Å²) in [6.45, 7) is 0. The van der Waals surface area contributed by atoms with E-state index in [1.165, 1.54) is 31.1 Å². The Bertz CT molecular complexity index is 308. The molecule has 0 saturated carbocycles. The molecule has 0 aliphatic heterocycles. The van der Waals surface area contributed by atoms with Crippen LogP contribution < -0.4 is 0 Å². The van der Waals surface area contributed by atoms with Gasteiger partial charge in [-0.3, -0.25) is 0 Å². The first-order valence-electron chi connectivity index (χ1n) is 3.38. The molecule has 0 radical (unpaired) electrons. The number of hydrogen-bond acceptors (Lipinski definition) is 5. The number of aromatic nitrogens is 2. The fourth-order valence-corrected chi connectivity index (χ4v) is 1.69. The van der Waals surface area contributed by atoms with Gasteiger partial charge in [-0.15, -0.1) is 0 Å². The number of carbonyl (C=O) groups excluding carboxylic acids is 1. The highest BCUT2D eigenvalue weighted by molar-refractivity contribution is 9.11. The van der Waals surface area contributed by atoms with Gasteiger partial charge in [0.1, 0.15) is 0 Å². The first-order valence-corrected chi connectivity index (χ1v) is 5.48. The Kier molecular flexibility index (Phi) is 4.17. The van der Waals surface area contributed by atoms with Crippen molar-refractivity contribution in [3.63, 3.8) is 0 Å². The molecule has 0 saturated heterocycles. The van der Waals surface area contributed by atoms with Gasteiger partial charge < -0.3 is 4.74 Å². The minimum Gasteiger partial charge on any atom is -0.464 e. The van der Waals surface area contributed by atoms with Crippen molar-refractivity contribution < 1.29 is 9.53 Å². The summed E-state index contributed by atoms with van der Waals surface area (Å²) in [7, 11) is 1.32. The van der Waals surface area contributed by atoms with Gasteiger partial charge in [-0.25, -0.2) is 14.8 Å². The highest BCUT2D eigenvalue weighted by atomic mass is 79.9. The van der Waals surface area contributed by atoms with Crippen LogP contribution in [0.5, 0.6) is 0 Å². The van der Waals surface area contributed by atoms with E-state index >= 15 is 0 Å². The molecule has 6 heteroatoms. The van der Waals surface area contributed by atoms with Crippen LogP contribution in [0.3, 0.4) is 0 Å². The first kappa shape index (κ1) is 10.5. The molecular formula is C7H7BrN2O2S. The van der Waals surface area contributed by atoms with Crippen LogP contribution in [0.2, 0.25) is 0 Å². The van der Waals surface area contributed by atoms with Crippen LogP contribution in [-0.2, 0) is 4.74 Å². The molecule has 0 aliphatic carbocycles. The number of alkyl halides is 1.